The van der Waals surface area contributed by atoms with Gasteiger partial charge in [-0.15, -0.1) is 0 Å². The third-order valence-corrected chi connectivity index (χ3v) is 10.5. The molecule has 0 saturated heterocycles. The molecule has 0 spiro atoms. The van der Waals surface area contributed by atoms with Crippen molar-refractivity contribution in [2.45, 2.75) is 91.6 Å². The number of nitrogens with one attached hydrogen (secondary N) is 2. The number of aromatic nitrogens is 2. The summed E-state index contributed by atoms with van der Waals surface area (Å²) in [7, 11) is 1.29. The minimum Gasteiger partial charge on any atom is -0.480 e. The van der Waals surface area contributed by atoms with Crippen LogP contribution in [0, 0.1) is 0 Å². The maximum absolute atomic E-state index is 14.3. The van der Waals surface area contributed by atoms with Crippen LogP contribution in [0.1, 0.15) is 106 Å². The molecule has 0 aliphatic carbocycles. The first-order valence-corrected chi connectivity index (χ1v) is 18.7. The Morgan fingerprint density at radius 3 is 2.15 bits per heavy atom. The second kappa shape index (κ2) is 16.6. The van der Waals surface area contributed by atoms with Gasteiger partial charge in [0.2, 0.25) is 5.75 Å². The lowest BCUT2D eigenvalue weighted by Gasteiger charge is -2.31. The van der Waals surface area contributed by atoms with Crippen LogP contribution >= 0.6 is 0 Å². The van der Waals surface area contributed by atoms with Crippen molar-refractivity contribution in [1.82, 2.24) is 9.78 Å². The van der Waals surface area contributed by atoms with Gasteiger partial charge in [0.05, 0.1) is 24.0 Å². The molecule has 4 aromatic carbocycles. The van der Waals surface area contributed by atoms with Gasteiger partial charge >= 0.3 is 11.5 Å². The molecule has 288 valence electrons. The highest BCUT2D eigenvalue weighted by atomic mass is 16.5. The van der Waals surface area contributed by atoms with Crippen LogP contribution < -0.4 is 20.3 Å². The summed E-state index contributed by atoms with van der Waals surface area (Å²) in [5.74, 6) is -0.104. The number of hydrogen-bond acceptors (Lipinski definition) is 7. The molecule has 10 nitrogen and oxygen atoms in total. The Hall–Kier alpha value is -5.90. The SMILES string of the molecule is CCC(Oc1ccc(C(C)(C)CC)cc1C(C)(C)CC)C(=O)Nc1ccccc1-n1[nH]c(-c2cccc(C(=O)OC)c2)c(Oc2ccc(C(C)=O)cc2)c1=O. The number of aromatic amines is 1. The number of H-pyrrole nitrogens is 1. The first-order chi connectivity index (χ1) is 26.1. The van der Waals surface area contributed by atoms with Crippen molar-refractivity contribution in [3.63, 3.8) is 0 Å². The van der Waals surface area contributed by atoms with E-state index < -0.39 is 17.6 Å². The van der Waals surface area contributed by atoms with Crippen LogP contribution in [0.3, 0.4) is 0 Å². The number of benzene rings is 4. The van der Waals surface area contributed by atoms with Gasteiger partial charge in [-0.05, 0) is 97.2 Å². The molecule has 1 unspecified atom stereocenters. The highest BCUT2D eigenvalue weighted by Gasteiger charge is 2.30. The quantitative estimate of drug-likeness (QED) is 0.0807. The molecule has 0 saturated carbocycles. The van der Waals surface area contributed by atoms with Crippen molar-refractivity contribution >= 4 is 23.3 Å². The highest BCUT2D eigenvalue weighted by Crippen LogP contribution is 2.39. The molecule has 1 heterocycles. The number of carbonyl (C=O) groups is 3. The first-order valence-electron chi connectivity index (χ1n) is 18.7. The Kier molecular flexibility index (Phi) is 12.2. The predicted octanol–water partition coefficient (Wildman–Crippen LogP) is 9.79. The van der Waals surface area contributed by atoms with E-state index in [1.807, 2.05) is 13.0 Å². The van der Waals surface area contributed by atoms with Crippen molar-refractivity contribution in [2.75, 3.05) is 12.4 Å². The van der Waals surface area contributed by atoms with Crippen molar-refractivity contribution in [1.29, 1.82) is 0 Å². The second-order valence-corrected chi connectivity index (χ2v) is 14.9. The maximum Gasteiger partial charge on any atom is 0.337 e. The molecule has 0 aliphatic heterocycles. The monoisotopic (exact) mass is 745 g/mol. The summed E-state index contributed by atoms with van der Waals surface area (Å²) in [4.78, 5) is 52.7. The number of methoxy groups -OCH3 is 1. The number of esters is 1. The van der Waals surface area contributed by atoms with Crippen LogP contribution in [0.2, 0.25) is 0 Å². The summed E-state index contributed by atoms with van der Waals surface area (Å²) < 4.78 is 18.9. The Labute approximate surface area is 322 Å². The second-order valence-electron chi connectivity index (χ2n) is 14.9. The number of rotatable bonds is 15. The zero-order valence-electron chi connectivity index (χ0n) is 33.2. The Balaban J connectivity index is 1.53. The molecular formula is C45H51N3O7. The summed E-state index contributed by atoms with van der Waals surface area (Å²) in [6.07, 6.45) is 1.42. The molecular weight excluding hydrogens is 695 g/mol. The summed E-state index contributed by atoms with van der Waals surface area (Å²) in [5.41, 5.74) is 3.73. The molecule has 2 N–H and O–H groups in total. The number of ether oxygens (including phenoxy) is 3. The average molecular weight is 746 g/mol. The van der Waals surface area contributed by atoms with Gasteiger partial charge in [0.25, 0.3) is 5.91 Å². The molecule has 5 rings (SSSR count). The lowest BCUT2D eigenvalue weighted by Crippen LogP contribution is -2.34. The van der Waals surface area contributed by atoms with E-state index in [4.69, 9.17) is 14.2 Å². The van der Waals surface area contributed by atoms with E-state index in [9.17, 15) is 19.2 Å². The number of para-hydroxylation sites is 2. The zero-order chi connectivity index (χ0) is 40.1. The smallest absolute Gasteiger partial charge is 0.337 e. The normalized spacial score (nSPS) is 12.2. The number of carbonyl (C=O) groups excluding carboxylic acids is 3. The number of nitrogens with zero attached hydrogens (tertiary/aromatic N) is 1. The van der Waals surface area contributed by atoms with Crippen LogP contribution in [0.15, 0.2) is 95.8 Å². The van der Waals surface area contributed by atoms with Gasteiger partial charge in [-0.1, -0.05) is 84.9 Å². The maximum atomic E-state index is 14.3. The standard InChI is InChI=1S/C45H51N3O7/c1-10-37(55-38-25-22-32(44(5,6)11-2)27-34(38)45(7,8)12-3)41(50)46-35-18-13-14-19-36(35)48-42(51)40(54-33-23-20-29(21-24-33)28(4)49)39(47-48)30-16-15-17-31(26-30)43(52)53-9/h13-27,37,47H,10-12H2,1-9H3,(H,46,50). The van der Waals surface area contributed by atoms with E-state index >= 15 is 0 Å². The van der Waals surface area contributed by atoms with Crippen LogP contribution in [0.4, 0.5) is 5.69 Å². The summed E-state index contributed by atoms with van der Waals surface area (Å²) in [6, 6.07) is 26.2. The average Bonchev–Trinajstić information content (AvgIpc) is 3.51. The number of ketones is 1. The van der Waals surface area contributed by atoms with Crippen molar-refractivity contribution in [3.8, 4) is 34.2 Å². The van der Waals surface area contributed by atoms with Gasteiger partial charge in [-0.3, -0.25) is 19.5 Å². The molecule has 1 aromatic heterocycles. The van der Waals surface area contributed by atoms with E-state index in [2.05, 4.69) is 64.1 Å². The van der Waals surface area contributed by atoms with Crippen molar-refractivity contribution in [3.05, 3.63) is 124 Å². The van der Waals surface area contributed by atoms with Crippen LogP contribution in [0.5, 0.6) is 17.2 Å². The van der Waals surface area contributed by atoms with Gasteiger partial charge in [0.15, 0.2) is 11.9 Å². The van der Waals surface area contributed by atoms with Crippen LogP contribution in [-0.4, -0.2) is 40.7 Å². The van der Waals surface area contributed by atoms with E-state index in [0.717, 1.165) is 18.4 Å². The number of hydrogen-bond donors (Lipinski definition) is 2. The molecule has 0 bridgehead atoms. The fourth-order valence-electron chi connectivity index (χ4n) is 6.12. The third-order valence-electron chi connectivity index (χ3n) is 10.5. The number of amides is 1. The molecule has 10 heteroatoms. The fourth-order valence-corrected chi connectivity index (χ4v) is 6.12. The lowest BCUT2D eigenvalue weighted by molar-refractivity contribution is -0.122. The molecule has 0 fully saturated rings. The zero-order valence-corrected chi connectivity index (χ0v) is 33.2. The number of anilines is 1. The lowest BCUT2D eigenvalue weighted by atomic mass is 9.76. The van der Waals surface area contributed by atoms with Crippen LogP contribution in [-0.2, 0) is 20.4 Å². The van der Waals surface area contributed by atoms with E-state index in [-0.39, 0.29) is 39.5 Å². The molecule has 0 radical (unpaired) electrons. The van der Waals surface area contributed by atoms with E-state index in [1.165, 1.54) is 24.3 Å². The fraction of sp³-hybridized carbons (Fsp3) is 0.333. The van der Waals surface area contributed by atoms with Crippen molar-refractivity contribution < 1.29 is 28.6 Å². The molecule has 55 heavy (non-hydrogen) atoms. The van der Waals surface area contributed by atoms with Crippen LogP contribution in [0.25, 0.3) is 16.9 Å². The van der Waals surface area contributed by atoms with Crippen molar-refractivity contribution in [2.24, 2.45) is 0 Å². The summed E-state index contributed by atoms with van der Waals surface area (Å²) >= 11 is 0. The molecule has 1 atom stereocenters. The van der Waals surface area contributed by atoms with E-state index in [0.29, 0.717) is 40.4 Å². The van der Waals surface area contributed by atoms with Gasteiger partial charge < -0.3 is 19.5 Å². The minimum atomic E-state index is -0.835. The number of Topliss-reactive ketones (excluding diaryl/α,β-unsaturated/α-hetero) is 1. The van der Waals surface area contributed by atoms with Gasteiger partial charge in [0.1, 0.15) is 17.2 Å². The first kappa shape index (κ1) is 40.3. The Bertz CT molecular complexity index is 2250. The van der Waals surface area contributed by atoms with Gasteiger partial charge in [-0.25, -0.2) is 9.48 Å². The van der Waals surface area contributed by atoms with Gasteiger partial charge in [-0.2, -0.15) is 0 Å². The Morgan fingerprint density at radius 2 is 1.51 bits per heavy atom. The third kappa shape index (κ3) is 8.75. The summed E-state index contributed by atoms with van der Waals surface area (Å²) in [6.45, 7) is 16.5. The largest absolute Gasteiger partial charge is 0.480 e. The molecule has 1 amide bonds. The molecule has 0 aliphatic rings. The van der Waals surface area contributed by atoms with E-state index in [1.54, 1.807) is 72.8 Å². The summed E-state index contributed by atoms with van der Waals surface area (Å²) in [5, 5.41) is 6.17. The predicted molar refractivity (Wildman–Crippen MR) is 216 cm³/mol. The topological polar surface area (TPSA) is 129 Å². The molecule has 5 aromatic rings. The van der Waals surface area contributed by atoms with Gasteiger partial charge in [0, 0.05) is 16.7 Å². The minimum absolute atomic E-state index is 0.0206. The Morgan fingerprint density at radius 1 is 0.818 bits per heavy atom. The highest BCUT2D eigenvalue weighted by molar-refractivity contribution is 5.96.